The van der Waals surface area contributed by atoms with Crippen molar-refractivity contribution >= 4 is 12.1 Å². The van der Waals surface area contributed by atoms with Crippen LogP contribution in [0.5, 0.6) is 0 Å². The Morgan fingerprint density at radius 2 is 1.90 bits per heavy atom. The molecule has 1 fully saturated rings. The van der Waals surface area contributed by atoms with E-state index in [1.54, 1.807) is 20.8 Å². The molecule has 2 N–H and O–H groups in total. The Kier molecular flexibility index (Phi) is 5.23. The Labute approximate surface area is 125 Å². The molecule has 0 heterocycles. The van der Waals surface area contributed by atoms with E-state index in [1.807, 2.05) is 13.8 Å². The normalized spacial score (nSPS) is 30.0. The van der Waals surface area contributed by atoms with Crippen LogP contribution in [0, 0.1) is 11.8 Å². The maximum atomic E-state index is 14.9. The van der Waals surface area contributed by atoms with E-state index >= 15 is 0 Å². The molecule has 1 amide bonds. The van der Waals surface area contributed by atoms with Crippen LogP contribution in [0.1, 0.15) is 53.9 Å². The molecule has 0 bridgehead atoms. The fraction of sp³-hybridized carbons (Fsp3) is 0.867. The zero-order valence-electron chi connectivity index (χ0n) is 13.4. The summed E-state index contributed by atoms with van der Waals surface area (Å²) in [6, 6.07) is -1.06. The van der Waals surface area contributed by atoms with Crippen LogP contribution in [-0.2, 0) is 9.53 Å². The average molecular weight is 303 g/mol. The lowest BCUT2D eigenvalue weighted by Crippen LogP contribution is -2.58. The fourth-order valence-electron chi connectivity index (χ4n) is 2.68. The summed E-state index contributed by atoms with van der Waals surface area (Å²) in [6.07, 6.45) is 0.126. The number of hydrogen-bond donors (Lipinski definition) is 2. The van der Waals surface area contributed by atoms with Crippen molar-refractivity contribution in [1.82, 2.24) is 5.32 Å². The second-order valence-electron chi connectivity index (χ2n) is 7.15. The van der Waals surface area contributed by atoms with Gasteiger partial charge in [0, 0.05) is 0 Å². The number of hydrogen-bond acceptors (Lipinski definition) is 3. The highest BCUT2D eigenvalue weighted by Crippen LogP contribution is 2.39. The Bertz CT molecular complexity index is 405. The summed E-state index contributed by atoms with van der Waals surface area (Å²) < 4.78 is 20.0. The maximum Gasteiger partial charge on any atom is 0.407 e. The fourth-order valence-corrected chi connectivity index (χ4v) is 2.68. The molecule has 122 valence electrons. The number of carbonyl (C=O) groups excluding carboxylic acids is 1. The van der Waals surface area contributed by atoms with Gasteiger partial charge in [-0.05, 0) is 51.9 Å². The molecule has 0 radical (unpaired) electrons. The molecule has 1 rings (SSSR count). The first-order valence-corrected chi connectivity index (χ1v) is 7.37. The van der Waals surface area contributed by atoms with E-state index in [0.717, 1.165) is 0 Å². The van der Waals surface area contributed by atoms with Crippen LogP contribution in [0.25, 0.3) is 0 Å². The Hall–Kier alpha value is -1.33. The molecule has 3 atom stereocenters. The van der Waals surface area contributed by atoms with Gasteiger partial charge in [-0.15, -0.1) is 0 Å². The summed E-state index contributed by atoms with van der Waals surface area (Å²) in [5.74, 6) is -1.31. The Morgan fingerprint density at radius 1 is 1.33 bits per heavy atom. The average Bonchev–Trinajstić information content (AvgIpc) is 2.28. The number of aliphatic carboxylic acids is 1. The minimum atomic E-state index is -2.44. The highest BCUT2D eigenvalue weighted by Gasteiger charge is 2.52. The van der Waals surface area contributed by atoms with E-state index < -0.39 is 29.4 Å². The minimum Gasteiger partial charge on any atom is -0.479 e. The molecule has 3 unspecified atom stereocenters. The van der Waals surface area contributed by atoms with Crippen molar-refractivity contribution in [3.8, 4) is 0 Å². The van der Waals surface area contributed by atoms with E-state index in [1.165, 1.54) is 0 Å². The predicted molar refractivity (Wildman–Crippen MR) is 76.8 cm³/mol. The number of carbonyl (C=O) groups is 2. The third kappa shape index (κ3) is 4.58. The smallest absolute Gasteiger partial charge is 0.407 e. The van der Waals surface area contributed by atoms with Gasteiger partial charge in [0.05, 0.1) is 6.04 Å². The first-order valence-electron chi connectivity index (χ1n) is 7.37. The first kappa shape index (κ1) is 17.7. The van der Waals surface area contributed by atoms with E-state index in [2.05, 4.69) is 5.32 Å². The van der Waals surface area contributed by atoms with Gasteiger partial charge in [-0.1, -0.05) is 13.8 Å². The van der Waals surface area contributed by atoms with Crippen LogP contribution in [0.2, 0.25) is 0 Å². The highest BCUT2D eigenvalue weighted by atomic mass is 19.1. The number of carboxylic acid groups (broad SMARTS) is 1. The number of halogens is 1. The SMILES string of the molecule is CC(C)C1CCC(NC(=O)OC(C)(C)C)C(F)(C(=O)O)C1. The number of ether oxygens (including phenoxy) is 1. The molecule has 1 aliphatic carbocycles. The maximum absolute atomic E-state index is 14.9. The molecule has 0 aromatic heterocycles. The number of alkyl carbamates (subject to hydrolysis) is 1. The largest absolute Gasteiger partial charge is 0.479 e. The van der Waals surface area contributed by atoms with Gasteiger partial charge in [0.2, 0.25) is 5.67 Å². The minimum absolute atomic E-state index is 0.00258. The van der Waals surface area contributed by atoms with Gasteiger partial charge in [-0.2, -0.15) is 0 Å². The summed E-state index contributed by atoms with van der Waals surface area (Å²) in [5.41, 5.74) is -3.15. The van der Waals surface area contributed by atoms with Crippen molar-refractivity contribution < 1.29 is 23.8 Å². The summed E-state index contributed by atoms with van der Waals surface area (Å²) >= 11 is 0. The van der Waals surface area contributed by atoms with Crippen LogP contribution in [0.3, 0.4) is 0 Å². The standard InChI is InChI=1S/C15H26FNO4/c1-9(2)10-6-7-11(15(16,8-10)12(18)19)17-13(20)21-14(3,4)5/h9-11H,6-8H2,1-5H3,(H,17,20)(H,18,19). The first-order chi connectivity index (χ1) is 9.45. The molecule has 21 heavy (non-hydrogen) atoms. The van der Waals surface area contributed by atoms with Gasteiger partial charge in [-0.25, -0.2) is 14.0 Å². The molecule has 5 nitrogen and oxygen atoms in total. The third-order valence-electron chi connectivity index (χ3n) is 3.93. The van der Waals surface area contributed by atoms with E-state index in [9.17, 15) is 19.1 Å². The lowest BCUT2D eigenvalue weighted by atomic mass is 9.72. The number of alkyl halides is 1. The quantitative estimate of drug-likeness (QED) is 0.840. The van der Waals surface area contributed by atoms with Gasteiger partial charge < -0.3 is 15.2 Å². The molecule has 0 aliphatic heterocycles. The van der Waals surface area contributed by atoms with Crippen LogP contribution in [0.4, 0.5) is 9.18 Å². The van der Waals surface area contributed by atoms with Crippen molar-refractivity contribution in [3.63, 3.8) is 0 Å². The van der Waals surface area contributed by atoms with Gasteiger partial charge in [0.25, 0.3) is 0 Å². The van der Waals surface area contributed by atoms with Crippen molar-refractivity contribution in [2.24, 2.45) is 11.8 Å². The molecular weight excluding hydrogens is 277 g/mol. The zero-order valence-corrected chi connectivity index (χ0v) is 13.4. The van der Waals surface area contributed by atoms with Crippen molar-refractivity contribution in [2.45, 2.75) is 71.2 Å². The molecule has 1 aliphatic rings. The molecule has 0 spiro atoms. The van der Waals surface area contributed by atoms with Crippen LogP contribution >= 0.6 is 0 Å². The van der Waals surface area contributed by atoms with Crippen molar-refractivity contribution in [2.75, 3.05) is 0 Å². The lowest BCUT2D eigenvalue weighted by Gasteiger charge is -2.40. The van der Waals surface area contributed by atoms with Gasteiger partial charge in [-0.3, -0.25) is 0 Å². The van der Waals surface area contributed by atoms with Gasteiger partial charge >= 0.3 is 12.1 Å². The number of amides is 1. The van der Waals surface area contributed by atoms with E-state index in [-0.39, 0.29) is 18.3 Å². The highest BCUT2D eigenvalue weighted by molar-refractivity contribution is 5.80. The van der Waals surface area contributed by atoms with E-state index in [4.69, 9.17) is 4.74 Å². The summed E-state index contributed by atoms with van der Waals surface area (Å²) in [7, 11) is 0. The third-order valence-corrected chi connectivity index (χ3v) is 3.93. The molecular formula is C15H26FNO4. The summed E-state index contributed by atoms with van der Waals surface area (Å²) in [4.78, 5) is 23.1. The number of nitrogens with one attached hydrogen (secondary N) is 1. The Morgan fingerprint density at radius 3 is 2.33 bits per heavy atom. The van der Waals surface area contributed by atoms with Gasteiger partial charge in [0.1, 0.15) is 5.60 Å². The molecule has 1 saturated carbocycles. The summed E-state index contributed by atoms with van der Waals surface area (Å²) in [5, 5.41) is 11.6. The molecule has 0 aromatic carbocycles. The van der Waals surface area contributed by atoms with Crippen LogP contribution in [0.15, 0.2) is 0 Å². The monoisotopic (exact) mass is 303 g/mol. The Balaban J connectivity index is 2.81. The second-order valence-corrected chi connectivity index (χ2v) is 7.15. The number of carboxylic acids is 1. The zero-order chi connectivity index (χ0) is 16.4. The summed E-state index contributed by atoms with van der Waals surface area (Å²) in [6.45, 7) is 9.00. The molecule has 0 saturated heterocycles. The van der Waals surface area contributed by atoms with Gasteiger partial charge in [0.15, 0.2) is 0 Å². The van der Waals surface area contributed by atoms with Crippen LogP contribution < -0.4 is 5.32 Å². The second kappa shape index (κ2) is 6.20. The van der Waals surface area contributed by atoms with Crippen LogP contribution in [-0.4, -0.2) is 34.5 Å². The number of rotatable bonds is 3. The molecule has 6 heteroatoms. The van der Waals surface area contributed by atoms with E-state index in [0.29, 0.717) is 12.8 Å². The predicted octanol–water partition coefficient (Wildman–Crippen LogP) is 3.13. The molecule has 0 aromatic rings. The van der Waals surface area contributed by atoms with Crippen molar-refractivity contribution in [1.29, 1.82) is 0 Å². The lowest BCUT2D eigenvalue weighted by molar-refractivity contribution is -0.157. The van der Waals surface area contributed by atoms with Crippen molar-refractivity contribution in [3.05, 3.63) is 0 Å². The topological polar surface area (TPSA) is 75.6 Å².